The first kappa shape index (κ1) is 14.3. The fraction of sp³-hybridized carbons (Fsp3) is 0.667. The molecule has 1 N–H and O–H groups in total. The van der Waals surface area contributed by atoms with Gasteiger partial charge in [0, 0.05) is 13.6 Å². The SMILES string of the molecule is CCCNc1nc(COC2CCCC2)nc2c1cnn2C. The molecule has 2 aromatic rings. The molecule has 0 bridgehead atoms. The zero-order valence-corrected chi connectivity index (χ0v) is 12.8. The number of nitrogens with one attached hydrogen (secondary N) is 1. The van der Waals surface area contributed by atoms with Crippen LogP contribution in [-0.4, -0.2) is 32.4 Å². The van der Waals surface area contributed by atoms with E-state index in [1.165, 1.54) is 12.8 Å². The highest BCUT2D eigenvalue weighted by molar-refractivity contribution is 5.86. The van der Waals surface area contributed by atoms with E-state index >= 15 is 0 Å². The van der Waals surface area contributed by atoms with Gasteiger partial charge in [0.05, 0.1) is 17.7 Å². The molecule has 2 heterocycles. The second-order valence-electron chi connectivity index (χ2n) is 5.64. The van der Waals surface area contributed by atoms with Crippen molar-refractivity contribution in [1.29, 1.82) is 0 Å². The third-order valence-electron chi connectivity index (χ3n) is 3.93. The average Bonchev–Trinajstić information content (AvgIpc) is 3.13. The van der Waals surface area contributed by atoms with E-state index in [2.05, 4.69) is 27.3 Å². The van der Waals surface area contributed by atoms with Gasteiger partial charge in [0.15, 0.2) is 11.5 Å². The van der Waals surface area contributed by atoms with E-state index in [0.29, 0.717) is 12.7 Å². The maximum absolute atomic E-state index is 5.93. The Morgan fingerprint density at radius 2 is 2.14 bits per heavy atom. The number of fused-ring (bicyclic) bond motifs is 1. The van der Waals surface area contributed by atoms with Gasteiger partial charge < -0.3 is 10.1 Å². The maximum Gasteiger partial charge on any atom is 0.163 e. The molecular formula is C15H23N5O. The lowest BCUT2D eigenvalue weighted by Gasteiger charge is -2.12. The van der Waals surface area contributed by atoms with Crippen molar-refractivity contribution < 1.29 is 4.74 Å². The van der Waals surface area contributed by atoms with Crippen LogP contribution in [0.5, 0.6) is 0 Å². The predicted octanol–water partition coefficient (Wildman–Crippen LogP) is 2.64. The second-order valence-corrected chi connectivity index (χ2v) is 5.64. The van der Waals surface area contributed by atoms with Crippen LogP contribution in [0.4, 0.5) is 5.82 Å². The third kappa shape index (κ3) is 3.15. The monoisotopic (exact) mass is 289 g/mol. The summed E-state index contributed by atoms with van der Waals surface area (Å²) in [4.78, 5) is 9.20. The van der Waals surface area contributed by atoms with E-state index in [9.17, 15) is 0 Å². The van der Waals surface area contributed by atoms with Crippen molar-refractivity contribution in [3.8, 4) is 0 Å². The van der Waals surface area contributed by atoms with E-state index in [-0.39, 0.29) is 0 Å². The Morgan fingerprint density at radius 3 is 2.90 bits per heavy atom. The predicted molar refractivity (Wildman–Crippen MR) is 82.1 cm³/mol. The molecule has 114 valence electrons. The molecular weight excluding hydrogens is 266 g/mol. The minimum atomic E-state index is 0.378. The Kier molecular flexibility index (Phi) is 4.34. The lowest BCUT2D eigenvalue weighted by molar-refractivity contribution is 0.0419. The van der Waals surface area contributed by atoms with Crippen molar-refractivity contribution in [1.82, 2.24) is 19.7 Å². The van der Waals surface area contributed by atoms with Gasteiger partial charge in [-0.25, -0.2) is 9.97 Å². The Bertz CT molecular complexity index is 603. The molecule has 0 aromatic carbocycles. The first-order valence-electron chi connectivity index (χ1n) is 7.82. The summed E-state index contributed by atoms with van der Waals surface area (Å²) in [5.41, 5.74) is 0.855. The summed E-state index contributed by atoms with van der Waals surface area (Å²) in [7, 11) is 1.90. The van der Waals surface area contributed by atoms with Gasteiger partial charge in [0.25, 0.3) is 0 Å². The van der Waals surface area contributed by atoms with Crippen LogP contribution in [0.3, 0.4) is 0 Å². The van der Waals surface area contributed by atoms with E-state index in [1.54, 1.807) is 4.68 Å². The number of hydrogen-bond acceptors (Lipinski definition) is 5. The summed E-state index contributed by atoms with van der Waals surface area (Å²) in [5, 5.41) is 8.60. The number of rotatable bonds is 6. The van der Waals surface area contributed by atoms with Crippen LogP contribution >= 0.6 is 0 Å². The highest BCUT2D eigenvalue weighted by Gasteiger charge is 2.17. The number of nitrogens with zero attached hydrogens (tertiary/aromatic N) is 4. The van der Waals surface area contributed by atoms with Gasteiger partial charge in [0.1, 0.15) is 12.4 Å². The van der Waals surface area contributed by atoms with Gasteiger partial charge in [-0.15, -0.1) is 0 Å². The average molecular weight is 289 g/mol. The number of aryl methyl sites for hydroxylation is 1. The highest BCUT2D eigenvalue weighted by atomic mass is 16.5. The molecule has 3 rings (SSSR count). The number of ether oxygens (including phenoxy) is 1. The molecule has 1 aliphatic carbocycles. The molecule has 1 aliphatic rings. The van der Waals surface area contributed by atoms with Crippen LogP contribution in [0.2, 0.25) is 0 Å². The first-order chi connectivity index (χ1) is 10.3. The highest BCUT2D eigenvalue weighted by Crippen LogP contribution is 2.23. The molecule has 1 fully saturated rings. The summed E-state index contributed by atoms with van der Waals surface area (Å²) in [5.74, 6) is 1.59. The van der Waals surface area contributed by atoms with Gasteiger partial charge in [-0.2, -0.15) is 5.10 Å². The summed E-state index contributed by atoms with van der Waals surface area (Å²) in [6, 6.07) is 0. The molecule has 0 amide bonds. The summed E-state index contributed by atoms with van der Waals surface area (Å²) in [6.45, 7) is 3.51. The lowest BCUT2D eigenvalue weighted by atomic mass is 10.3. The first-order valence-corrected chi connectivity index (χ1v) is 7.82. The molecule has 0 spiro atoms. The van der Waals surface area contributed by atoms with Gasteiger partial charge in [-0.1, -0.05) is 19.8 Å². The van der Waals surface area contributed by atoms with Crippen LogP contribution in [0.1, 0.15) is 44.9 Å². The van der Waals surface area contributed by atoms with Crippen molar-refractivity contribution in [2.45, 2.75) is 51.7 Å². The topological polar surface area (TPSA) is 64.9 Å². The van der Waals surface area contributed by atoms with E-state index < -0.39 is 0 Å². The zero-order valence-electron chi connectivity index (χ0n) is 12.8. The lowest BCUT2D eigenvalue weighted by Crippen LogP contribution is -2.11. The smallest absolute Gasteiger partial charge is 0.163 e. The maximum atomic E-state index is 5.93. The normalized spacial score (nSPS) is 15.9. The quantitative estimate of drug-likeness (QED) is 0.885. The number of aromatic nitrogens is 4. The molecule has 0 aliphatic heterocycles. The van der Waals surface area contributed by atoms with E-state index in [0.717, 1.165) is 48.5 Å². The Morgan fingerprint density at radius 1 is 1.33 bits per heavy atom. The minimum Gasteiger partial charge on any atom is -0.370 e. The van der Waals surface area contributed by atoms with E-state index in [4.69, 9.17) is 4.74 Å². The molecule has 2 aromatic heterocycles. The Hall–Kier alpha value is -1.69. The number of anilines is 1. The van der Waals surface area contributed by atoms with E-state index in [1.807, 2.05) is 13.2 Å². The largest absolute Gasteiger partial charge is 0.370 e. The summed E-state index contributed by atoms with van der Waals surface area (Å²) >= 11 is 0. The van der Waals surface area contributed by atoms with Crippen molar-refractivity contribution in [2.75, 3.05) is 11.9 Å². The molecule has 0 saturated heterocycles. The molecule has 1 saturated carbocycles. The fourth-order valence-electron chi connectivity index (χ4n) is 2.76. The van der Waals surface area contributed by atoms with Gasteiger partial charge in [-0.3, -0.25) is 4.68 Å². The van der Waals surface area contributed by atoms with Crippen molar-refractivity contribution in [2.24, 2.45) is 7.05 Å². The molecule has 0 unspecified atom stereocenters. The van der Waals surface area contributed by atoms with Crippen LogP contribution in [0, 0.1) is 0 Å². The molecule has 0 radical (unpaired) electrons. The van der Waals surface area contributed by atoms with Gasteiger partial charge in [0.2, 0.25) is 0 Å². The molecule has 0 atom stereocenters. The molecule has 6 nitrogen and oxygen atoms in total. The zero-order chi connectivity index (χ0) is 14.7. The Labute approximate surface area is 124 Å². The van der Waals surface area contributed by atoms with Crippen molar-refractivity contribution in [3.05, 3.63) is 12.0 Å². The fourth-order valence-corrected chi connectivity index (χ4v) is 2.76. The Balaban J connectivity index is 1.81. The van der Waals surface area contributed by atoms with Gasteiger partial charge >= 0.3 is 0 Å². The van der Waals surface area contributed by atoms with Crippen LogP contribution in [-0.2, 0) is 18.4 Å². The summed E-state index contributed by atoms with van der Waals surface area (Å²) < 4.78 is 7.72. The molecule has 6 heteroatoms. The standard InChI is InChI=1S/C15H23N5O/c1-3-8-16-14-12-9-17-20(2)15(12)19-13(18-14)10-21-11-6-4-5-7-11/h9,11H,3-8,10H2,1-2H3,(H,16,18,19). The van der Waals surface area contributed by atoms with Crippen molar-refractivity contribution >= 4 is 16.9 Å². The van der Waals surface area contributed by atoms with Crippen LogP contribution < -0.4 is 5.32 Å². The second kappa shape index (κ2) is 6.39. The van der Waals surface area contributed by atoms with Crippen LogP contribution in [0.15, 0.2) is 6.20 Å². The minimum absolute atomic E-state index is 0.378. The summed E-state index contributed by atoms with van der Waals surface area (Å²) in [6.07, 6.45) is 8.12. The van der Waals surface area contributed by atoms with Crippen LogP contribution in [0.25, 0.3) is 11.0 Å². The molecule has 21 heavy (non-hydrogen) atoms. The van der Waals surface area contributed by atoms with Crippen molar-refractivity contribution in [3.63, 3.8) is 0 Å². The third-order valence-corrected chi connectivity index (χ3v) is 3.93. The van der Waals surface area contributed by atoms with Gasteiger partial charge in [-0.05, 0) is 19.3 Å². The number of hydrogen-bond donors (Lipinski definition) is 1.